The lowest BCUT2D eigenvalue weighted by atomic mass is 9.96. The van der Waals surface area contributed by atoms with Gasteiger partial charge < -0.3 is 24.6 Å². The first-order chi connectivity index (χ1) is 17.2. The number of pyridine rings is 1. The highest BCUT2D eigenvalue weighted by atomic mass is 32.1. The molecule has 3 heterocycles. The number of aromatic carboxylic acids is 1. The number of rotatable bonds is 8. The Bertz CT molecular complexity index is 1300. The predicted molar refractivity (Wildman–Crippen MR) is 140 cm³/mol. The number of carboxylic acid groups (broad SMARTS) is 1. The van der Waals surface area contributed by atoms with E-state index >= 15 is 0 Å². The number of nitrogens with one attached hydrogen (secondary N) is 1. The van der Waals surface area contributed by atoms with Crippen molar-refractivity contribution in [3.8, 4) is 5.69 Å². The van der Waals surface area contributed by atoms with Gasteiger partial charge in [0.2, 0.25) is 0 Å². The average Bonchev–Trinajstić information content (AvgIpc) is 3.34. The third kappa shape index (κ3) is 4.83. The van der Waals surface area contributed by atoms with Crippen LogP contribution in [0.4, 0.5) is 0 Å². The minimum atomic E-state index is -0.962. The molecule has 0 spiro atoms. The lowest BCUT2D eigenvalue weighted by Crippen LogP contribution is -2.31. The van der Waals surface area contributed by atoms with Crippen molar-refractivity contribution in [1.82, 2.24) is 19.8 Å². The van der Waals surface area contributed by atoms with Gasteiger partial charge in [0.15, 0.2) is 5.11 Å². The third-order valence-electron chi connectivity index (χ3n) is 6.69. The number of nitrogens with zero attached hydrogens (tertiary/aromatic N) is 3. The van der Waals surface area contributed by atoms with Crippen LogP contribution in [0.15, 0.2) is 48.7 Å². The quantitative estimate of drug-likeness (QED) is 0.342. The highest BCUT2D eigenvalue weighted by Gasteiger charge is 2.41. The number of benzene rings is 1. The molecule has 2 N–H and O–H groups in total. The molecule has 0 radical (unpaired) electrons. The zero-order valence-electron chi connectivity index (χ0n) is 20.8. The molecule has 188 valence electrons. The Morgan fingerprint density at radius 3 is 2.61 bits per heavy atom. The number of thiocarbonyl (C=S) groups is 1. The summed E-state index contributed by atoms with van der Waals surface area (Å²) in [6, 6.07) is 12.8. The average molecular weight is 507 g/mol. The SMILES string of the molecule is COC(=O)CCCN1C(=S)N[C@@H](c2ccccn2)[C@H]1c1cc(C)n(-c2cc(C(=O)O)ccc2C)c1C. The van der Waals surface area contributed by atoms with E-state index in [0.29, 0.717) is 24.5 Å². The number of carbonyl (C=O) groups excluding carboxylic acids is 1. The topological polar surface area (TPSA) is 96.7 Å². The number of aryl methyl sites for hydroxylation is 2. The van der Waals surface area contributed by atoms with Crippen molar-refractivity contribution < 1.29 is 19.4 Å². The van der Waals surface area contributed by atoms with E-state index in [9.17, 15) is 14.7 Å². The Labute approximate surface area is 215 Å². The lowest BCUT2D eigenvalue weighted by molar-refractivity contribution is -0.140. The van der Waals surface area contributed by atoms with Gasteiger partial charge in [-0.1, -0.05) is 12.1 Å². The van der Waals surface area contributed by atoms with Crippen LogP contribution in [0.5, 0.6) is 0 Å². The molecule has 4 rings (SSSR count). The van der Waals surface area contributed by atoms with E-state index in [1.165, 1.54) is 7.11 Å². The monoisotopic (exact) mass is 506 g/mol. The summed E-state index contributed by atoms with van der Waals surface area (Å²) < 4.78 is 6.91. The van der Waals surface area contributed by atoms with Crippen LogP contribution in [0, 0.1) is 20.8 Å². The number of ether oxygens (including phenoxy) is 1. The minimum absolute atomic E-state index is 0.159. The van der Waals surface area contributed by atoms with Crippen LogP contribution >= 0.6 is 12.2 Å². The maximum atomic E-state index is 11.7. The van der Waals surface area contributed by atoms with Gasteiger partial charge in [-0.05, 0) is 80.9 Å². The van der Waals surface area contributed by atoms with Crippen LogP contribution in [-0.4, -0.2) is 50.3 Å². The fourth-order valence-electron chi connectivity index (χ4n) is 4.92. The van der Waals surface area contributed by atoms with Crippen molar-refractivity contribution in [2.75, 3.05) is 13.7 Å². The molecule has 0 saturated carbocycles. The number of methoxy groups -OCH3 is 1. The first-order valence-electron chi connectivity index (χ1n) is 11.8. The summed E-state index contributed by atoms with van der Waals surface area (Å²) in [6.07, 6.45) is 2.66. The van der Waals surface area contributed by atoms with Crippen LogP contribution < -0.4 is 5.32 Å². The molecule has 1 aromatic carbocycles. The normalized spacial score (nSPS) is 17.2. The maximum Gasteiger partial charge on any atom is 0.335 e. The number of carbonyl (C=O) groups is 2. The molecule has 1 fully saturated rings. The van der Waals surface area contributed by atoms with Gasteiger partial charge in [-0.15, -0.1) is 0 Å². The molecule has 9 heteroatoms. The maximum absolute atomic E-state index is 11.7. The summed E-state index contributed by atoms with van der Waals surface area (Å²) in [5.41, 5.74) is 5.96. The number of aromatic nitrogens is 2. The van der Waals surface area contributed by atoms with E-state index in [1.807, 2.05) is 45.0 Å². The third-order valence-corrected chi connectivity index (χ3v) is 7.04. The largest absolute Gasteiger partial charge is 0.478 e. The van der Waals surface area contributed by atoms with E-state index in [4.69, 9.17) is 17.0 Å². The minimum Gasteiger partial charge on any atom is -0.478 e. The Morgan fingerprint density at radius 2 is 1.94 bits per heavy atom. The molecule has 2 atom stereocenters. The van der Waals surface area contributed by atoms with E-state index in [1.54, 1.807) is 18.3 Å². The van der Waals surface area contributed by atoms with Gasteiger partial charge in [-0.2, -0.15) is 0 Å². The van der Waals surface area contributed by atoms with E-state index in [-0.39, 0.29) is 23.6 Å². The summed E-state index contributed by atoms with van der Waals surface area (Å²) in [5, 5.41) is 13.6. The van der Waals surface area contributed by atoms with Crippen molar-refractivity contribution in [3.63, 3.8) is 0 Å². The summed E-state index contributed by atoms with van der Waals surface area (Å²) in [5.74, 6) is -1.21. The van der Waals surface area contributed by atoms with Gasteiger partial charge in [0.25, 0.3) is 0 Å². The van der Waals surface area contributed by atoms with Gasteiger partial charge >= 0.3 is 11.9 Å². The van der Waals surface area contributed by atoms with Gasteiger partial charge in [-0.3, -0.25) is 9.78 Å². The zero-order valence-corrected chi connectivity index (χ0v) is 21.6. The molecular formula is C27H30N4O4S. The van der Waals surface area contributed by atoms with Crippen LogP contribution in [0.1, 0.15) is 63.5 Å². The molecule has 1 aliphatic heterocycles. The second-order valence-electron chi connectivity index (χ2n) is 8.97. The number of carboxylic acids is 1. The smallest absolute Gasteiger partial charge is 0.335 e. The molecule has 1 saturated heterocycles. The Morgan fingerprint density at radius 1 is 1.17 bits per heavy atom. The Kier molecular flexibility index (Phi) is 7.40. The van der Waals surface area contributed by atoms with Crippen LogP contribution in [0.2, 0.25) is 0 Å². The lowest BCUT2D eigenvalue weighted by Gasteiger charge is -2.28. The van der Waals surface area contributed by atoms with E-state index in [0.717, 1.165) is 33.9 Å². The predicted octanol–water partition coefficient (Wildman–Crippen LogP) is 4.42. The standard InChI is InChI=1S/C27H30N4O4S/c1-16-10-11-19(26(33)34)15-22(16)31-17(2)14-20(18(31)3)25-24(21-8-5-6-12-28-21)29-27(36)30(25)13-7-9-23(32)35-4/h5-6,8,10-12,14-15,24-25H,7,9,13H2,1-4H3,(H,29,36)(H,33,34)/t24-,25+/m0/s1. The molecule has 1 aliphatic rings. The fourth-order valence-corrected chi connectivity index (χ4v) is 5.25. The summed E-state index contributed by atoms with van der Waals surface area (Å²) in [4.78, 5) is 30.1. The molecular weight excluding hydrogens is 476 g/mol. The molecule has 8 nitrogen and oxygen atoms in total. The molecule has 0 unspecified atom stereocenters. The molecule has 2 aromatic heterocycles. The van der Waals surface area contributed by atoms with Gasteiger partial charge in [-0.25, -0.2) is 4.79 Å². The van der Waals surface area contributed by atoms with Crippen molar-refractivity contribution >= 4 is 29.3 Å². The van der Waals surface area contributed by atoms with Gasteiger partial charge in [0.05, 0.1) is 30.5 Å². The van der Waals surface area contributed by atoms with Crippen molar-refractivity contribution in [2.24, 2.45) is 0 Å². The Hall–Kier alpha value is -3.72. The molecule has 36 heavy (non-hydrogen) atoms. The summed E-state index contributed by atoms with van der Waals surface area (Å²) in [6.45, 7) is 6.61. The second kappa shape index (κ2) is 10.5. The van der Waals surface area contributed by atoms with Crippen LogP contribution in [-0.2, 0) is 9.53 Å². The van der Waals surface area contributed by atoms with Crippen LogP contribution in [0.3, 0.4) is 0 Å². The summed E-state index contributed by atoms with van der Waals surface area (Å²) in [7, 11) is 1.39. The Balaban J connectivity index is 1.79. The number of hydrogen-bond donors (Lipinski definition) is 2. The molecule has 0 aliphatic carbocycles. The van der Waals surface area contributed by atoms with E-state index in [2.05, 4.69) is 25.8 Å². The van der Waals surface area contributed by atoms with Crippen molar-refractivity contribution in [3.05, 3.63) is 82.4 Å². The van der Waals surface area contributed by atoms with E-state index < -0.39 is 5.97 Å². The highest BCUT2D eigenvalue weighted by molar-refractivity contribution is 7.80. The highest BCUT2D eigenvalue weighted by Crippen LogP contribution is 2.41. The molecule has 3 aromatic rings. The number of esters is 1. The number of hydrogen-bond acceptors (Lipinski definition) is 5. The van der Waals surface area contributed by atoms with Crippen molar-refractivity contribution in [2.45, 2.75) is 45.7 Å². The first-order valence-corrected chi connectivity index (χ1v) is 12.2. The van der Waals surface area contributed by atoms with Gasteiger partial charge in [0.1, 0.15) is 0 Å². The second-order valence-corrected chi connectivity index (χ2v) is 9.35. The first kappa shape index (κ1) is 25.4. The van der Waals surface area contributed by atoms with Gasteiger partial charge in [0, 0.05) is 36.2 Å². The van der Waals surface area contributed by atoms with Crippen molar-refractivity contribution in [1.29, 1.82) is 0 Å². The molecule has 0 bridgehead atoms. The molecule has 0 amide bonds. The fraction of sp³-hybridized carbons (Fsp3) is 0.333. The zero-order chi connectivity index (χ0) is 26.0. The van der Waals surface area contributed by atoms with Crippen LogP contribution in [0.25, 0.3) is 5.69 Å². The summed E-state index contributed by atoms with van der Waals surface area (Å²) >= 11 is 5.74.